The van der Waals surface area contributed by atoms with E-state index < -0.39 is 5.41 Å². The molecule has 0 bridgehead atoms. The highest BCUT2D eigenvalue weighted by atomic mass is 16.4. The van der Waals surface area contributed by atoms with Gasteiger partial charge in [-0.2, -0.15) is 0 Å². The molecular formula is C24H27N5O3. The molecule has 3 aromatic rings. The summed E-state index contributed by atoms with van der Waals surface area (Å²) in [6.07, 6.45) is 3.40. The Morgan fingerprint density at radius 2 is 1.56 bits per heavy atom. The maximum atomic E-state index is 11.0. The average Bonchev–Trinajstić information content (AvgIpc) is 3.24. The first-order valence-electron chi connectivity index (χ1n) is 10.7. The van der Waals surface area contributed by atoms with Crippen LogP contribution in [0.25, 0.3) is 0 Å². The van der Waals surface area contributed by atoms with Crippen LogP contribution in [0.4, 0.5) is 11.4 Å². The minimum absolute atomic E-state index is 0.0919. The van der Waals surface area contributed by atoms with E-state index in [-0.39, 0.29) is 5.92 Å². The van der Waals surface area contributed by atoms with Crippen molar-refractivity contribution in [1.82, 2.24) is 10.2 Å². The van der Waals surface area contributed by atoms with Gasteiger partial charge in [0.15, 0.2) is 0 Å². The second-order valence-corrected chi connectivity index (χ2v) is 8.31. The van der Waals surface area contributed by atoms with E-state index in [1.807, 2.05) is 50.2 Å². The Labute approximate surface area is 186 Å². The highest BCUT2D eigenvalue weighted by molar-refractivity contribution is 5.74. The molecule has 0 fully saturated rings. The van der Waals surface area contributed by atoms with E-state index in [0.29, 0.717) is 37.6 Å². The summed E-state index contributed by atoms with van der Waals surface area (Å²) in [6, 6.07) is 11.8. The Hall–Kier alpha value is -3.52. The zero-order valence-corrected chi connectivity index (χ0v) is 18.2. The van der Waals surface area contributed by atoms with Crippen LogP contribution in [0.2, 0.25) is 0 Å². The largest absolute Gasteiger partial charge is 0.424 e. The first-order chi connectivity index (χ1) is 15.5. The first kappa shape index (κ1) is 21.7. The molecule has 0 unspecified atom stereocenters. The molecule has 8 heteroatoms. The molecule has 4 rings (SSSR count). The molecule has 2 amide bonds. The van der Waals surface area contributed by atoms with Crippen molar-refractivity contribution >= 4 is 24.2 Å². The van der Waals surface area contributed by atoms with Crippen molar-refractivity contribution in [3.63, 3.8) is 0 Å². The van der Waals surface area contributed by atoms with E-state index in [2.05, 4.69) is 20.8 Å². The van der Waals surface area contributed by atoms with Crippen LogP contribution in [0.5, 0.6) is 0 Å². The van der Waals surface area contributed by atoms with Crippen molar-refractivity contribution < 1.29 is 14.0 Å². The van der Waals surface area contributed by atoms with Crippen molar-refractivity contribution in [3.8, 4) is 0 Å². The molecule has 32 heavy (non-hydrogen) atoms. The smallest absolute Gasteiger partial charge is 0.231 e. The second-order valence-electron chi connectivity index (χ2n) is 8.31. The van der Waals surface area contributed by atoms with Gasteiger partial charge in [0.05, 0.1) is 0 Å². The molecule has 4 N–H and O–H groups in total. The lowest BCUT2D eigenvalue weighted by molar-refractivity contribution is -0.106. The number of nitrogens with one attached hydrogen (secondary N) is 2. The quantitative estimate of drug-likeness (QED) is 0.469. The minimum Gasteiger partial charge on any atom is -0.424 e. The maximum absolute atomic E-state index is 11.0. The number of aromatic nitrogens is 2. The molecule has 0 saturated carbocycles. The zero-order valence-electron chi connectivity index (χ0n) is 18.2. The molecule has 0 aliphatic heterocycles. The summed E-state index contributed by atoms with van der Waals surface area (Å²) in [7, 11) is 0. The Balaban J connectivity index is 2.01. The summed E-state index contributed by atoms with van der Waals surface area (Å²) in [5, 5.41) is 14.3. The van der Waals surface area contributed by atoms with Crippen LogP contribution in [-0.2, 0) is 27.8 Å². The van der Waals surface area contributed by atoms with Crippen molar-refractivity contribution in [2.24, 2.45) is 5.73 Å². The predicted octanol–water partition coefficient (Wildman–Crippen LogP) is 3.11. The zero-order chi connectivity index (χ0) is 22.7. The summed E-state index contributed by atoms with van der Waals surface area (Å²) in [5.41, 5.74) is 11.1. The van der Waals surface area contributed by atoms with Gasteiger partial charge in [-0.15, -0.1) is 10.2 Å². The van der Waals surface area contributed by atoms with Gasteiger partial charge in [0, 0.05) is 17.3 Å². The molecule has 2 aromatic carbocycles. The topological polar surface area (TPSA) is 123 Å². The van der Waals surface area contributed by atoms with Gasteiger partial charge < -0.3 is 20.8 Å². The molecule has 1 aromatic heterocycles. The van der Waals surface area contributed by atoms with Crippen molar-refractivity contribution in [2.45, 2.75) is 44.4 Å². The van der Waals surface area contributed by atoms with Crippen LogP contribution in [-0.4, -0.2) is 29.6 Å². The molecule has 1 aliphatic carbocycles. The van der Waals surface area contributed by atoms with Gasteiger partial charge in [-0.05, 0) is 72.3 Å². The molecule has 0 saturated heterocycles. The number of nitrogens with zero attached hydrogens (tertiary/aromatic N) is 2. The molecule has 1 aliphatic rings. The fourth-order valence-corrected chi connectivity index (χ4v) is 4.63. The number of nitrogens with two attached hydrogens (primary N) is 1. The third kappa shape index (κ3) is 3.67. The number of hydrogen-bond acceptors (Lipinski definition) is 6. The number of amides is 2. The Bertz CT molecular complexity index is 1080. The number of fused-ring (bicyclic) bond motifs is 2. The van der Waals surface area contributed by atoms with Crippen LogP contribution < -0.4 is 16.4 Å². The fraction of sp³-hybridized carbons (Fsp3) is 0.333. The molecule has 166 valence electrons. The molecule has 1 heterocycles. The minimum atomic E-state index is -0.741. The van der Waals surface area contributed by atoms with E-state index in [4.69, 9.17) is 10.2 Å². The number of hydrogen-bond donors (Lipinski definition) is 3. The summed E-state index contributed by atoms with van der Waals surface area (Å²) in [5.74, 6) is 1.17. The Morgan fingerprint density at radius 1 is 1.00 bits per heavy atom. The van der Waals surface area contributed by atoms with Crippen molar-refractivity contribution in [1.29, 1.82) is 0 Å². The van der Waals surface area contributed by atoms with Crippen LogP contribution in [0.1, 0.15) is 60.2 Å². The second kappa shape index (κ2) is 8.92. The SMILES string of the molecule is CC(C)c1nnc(C2(CCN)c3ccc(NC=O)cc3CCc3cc(NC=O)ccc32)o1. The molecule has 0 atom stereocenters. The van der Waals surface area contributed by atoms with Crippen LogP contribution in [0, 0.1) is 0 Å². The maximum Gasteiger partial charge on any atom is 0.231 e. The number of carbonyl (C=O) groups is 2. The van der Waals surface area contributed by atoms with Crippen molar-refractivity contribution in [3.05, 3.63) is 70.4 Å². The van der Waals surface area contributed by atoms with E-state index in [0.717, 1.165) is 46.5 Å². The van der Waals surface area contributed by atoms with Gasteiger partial charge in [-0.3, -0.25) is 9.59 Å². The highest BCUT2D eigenvalue weighted by Crippen LogP contribution is 2.47. The van der Waals surface area contributed by atoms with E-state index in [9.17, 15) is 9.59 Å². The standard InChI is InChI=1S/C24H27N5O3/c1-15(2)22-28-29-23(32-22)24(9-10-25)20-7-5-18(26-13-30)11-16(20)3-4-17-12-19(27-14-31)6-8-21(17)24/h5-8,11-15H,3-4,9-10,25H2,1-2H3,(H,26,30)(H,27,31). The average molecular weight is 434 g/mol. The number of benzene rings is 2. The lowest BCUT2D eigenvalue weighted by Crippen LogP contribution is -2.34. The molecule has 0 radical (unpaired) electrons. The Morgan fingerprint density at radius 3 is 2.00 bits per heavy atom. The number of carbonyl (C=O) groups excluding carboxylic acids is 2. The number of anilines is 2. The summed E-state index contributed by atoms with van der Waals surface area (Å²) >= 11 is 0. The summed E-state index contributed by atoms with van der Waals surface area (Å²) < 4.78 is 6.24. The fourth-order valence-electron chi connectivity index (χ4n) is 4.63. The summed E-state index contributed by atoms with van der Waals surface area (Å²) in [6.45, 7) is 4.42. The van der Waals surface area contributed by atoms with Crippen molar-refractivity contribution in [2.75, 3.05) is 17.2 Å². The number of aryl methyl sites for hydroxylation is 2. The van der Waals surface area contributed by atoms with Gasteiger partial charge in [0.1, 0.15) is 5.41 Å². The Kier molecular flexibility index (Phi) is 6.05. The molecule has 8 nitrogen and oxygen atoms in total. The third-order valence-corrected chi connectivity index (χ3v) is 6.06. The van der Waals surface area contributed by atoms with Gasteiger partial charge in [-0.25, -0.2) is 0 Å². The third-order valence-electron chi connectivity index (χ3n) is 6.06. The lowest BCUT2D eigenvalue weighted by Gasteiger charge is -2.33. The van der Waals surface area contributed by atoms with E-state index >= 15 is 0 Å². The van der Waals surface area contributed by atoms with Crippen LogP contribution in [0.3, 0.4) is 0 Å². The van der Waals surface area contributed by atoms with E-state index in [1.54, 1.807) is 0 Å². The predicted molar refractivity (Wildman–Crippen MR) is 122 cm³/mol. The normalized spacial score (nSPS) is 14.2. The van der Waals surface area contributed by atoms with Gasteiger partial charge in [0.25, 0.3) is 0 Å². The summed E-state index contributed by atoms with van der Waals surface area (Å²) in [4.78, 5) is 22.0. The van der Waals surface area contributed by atoms with Crippen LogP contribution >= 0.6 is 0 Å². The van der Waals surface area contributed by atoms with Gasteiger partial charge >= 0.3 is 0 Å². The molecule has 0 spiro atoms. The van der Waals surface area contributed by atoms with Crippen LogP contribution in [0.15, 0.2) is 40.8 Å². The highest BCUT2D eigenvalue weighted by Gasteiger charge is 2.45. The van der Waals surface area contributed by atoms with E-state index in [1.165, 1.54) is 0 Å². The lowest BCUT2D eigenvalue weighted by atomic mass is 9.70. The van der Waals surface area contributed by atoms with Gasteiger partial charge in [-0.1, -0.05) is 26.0 Å². The first-order valence-corrected chi connectivity index (χ1v) is 10.7. The monoisotopic (exact) mass is 433 g/mol. The number of rotatable bonds is 8. The molecular weight excluding hydrogens is 406 g/mol. The van der Waals surface area contributed by atoms with Gasteiger partial charge in [0.2, 0.25) is 24.6 Å².